The van der Waals surface area contributed by atoms with Gasteiger partial charge in [0, 0.05) is 21.9 Å². The Balaban J connectivity index is 1.87. The summed E-state index contributed by atoms with van der Waals surface area (Å²) < 4.78 is 0. The number of carboxylic acid groups (broad SMARTS) is 1. The minimum Gasteiger partial charge on any atom is -0.478 e. The molecular formula is C17H15N3O2. The molecule has 2 heterocycles. The highest BCUT2D eigenvalue weighted by molar-refractivity contribution is 5.98. The van der Waals surface area contributed by atoms with Gasteiger partial charge in [0.15, 0.2) is 0 Å². The second-order valence-corrected chi connectivity index (χ2v) is 6.52. The molecule has 110 valence electrons. The Morgan fingerprint density at radius 1 is 1.27 bits per heavy atom. The highest BCUT2D eigenvalue weighted by Gasteiger charge is 2.46. The van der Waals surface area contributed by atoms with Crippen molar-refractivity contribution in [1.82, 2.24) is 15.2 Å². The Morgan fingerprint density at radius 3 is 2.86 bits per heavy atom. The van der Waals surface area contributed by atoms with Crippen molar-refractivity contribution < 1.29 is 9.90 Å². The molecule has 2 aromatic heterocycles. The molecule has 0 aliphatic heterocycles. The monoisotopic (exact) mass is 293 g/mol. The van der Waals surface area contributed by atoms with Crippen LogP contribution in [-0.2, 0) is 11.8 Å². The van der Waals surface area contributed by atoms with Gasteiger partial charge in [-0.25, -0.2) is 4.79 Å². The quantitative estimate of drug-likeness (QED) is 0.644. The van der Waals surface area contributed by atoms with Gasteiger partial charge in [-0.3, -0.25) is 5.10 Å². The Hall–Kier alpha value is -2.56. The molecule has 2 aliphatic rings. The van der Waals surface area contributed by atoms with Crippen LogP contribution >= 0.6 is 0 Å². The molecule has 5 nitrogen and oxygen atoms in total. The minimum absolute atomic E-state index is 0.154. The fraction of sp³-hybridized carbons (Fsp3) is 0.294. The largest absolute Gasteiger partial charge is 0.478 e. The van der Waals surface area contributed by atoms with Gasteiger partial charge in [0.1, 0.15) is 0 Å². The smallest absolute Gasteiger partial charge is 0.335 e. The van der Waals surface area contributed by atoms with Crippen molar-refractivity contribution in [3.05, 3.63) is 41.1 Å². The van der Waals surface area contributed by atoms with Crippen molar-refractivity contribution in [2.24, 2.45) is 0 Å². The molecule has 0 atom stereocenters. The van der Waals surface area contributed by atoms with E-state index < -0.39 is 5.97 Å². The Labute approximate surface area is 126 Å². The van der Waals surface area contributed by atoms with Gasteiger partial charge in [-0.15, -0.1) is 0 Å². The second kappa shape index (κ2) is 3.80. The molecule has 5 heteroatoms. The molecule has 2 aliphatic carbocycles. The molecule has 0 unspecified atom stereocenters. The second-order valence-electron chi connectivity index (χ2n) is 6.52. The van der Waals surface area contributed by atoms with Crippen LogP contribution in [-0.4, -0.2) is 26.3 Å². The Morgan fingerprint density at radius 2 is 2.14 bits per heavy atom. The summed E-state index contributed by atoms with van der Waals surface area (Å²) in [5, 5.41) is 17.6. The number of aromatic nitrogens is 3. The highest BCUT2D eigenvalue weighted by atomic mass is 16.4. The van der Waals surface area contributed by atoms with Crippen LogP contribution in [0.1, 0.15) is 40.7 Å². The van der Waals surface area contributed by atoms with Crippen molar-refractivity contribution >= 4 is 16.9 Å². The number of aromatic carboxylic acids is 1. The van der Waals surface area contributed by atoms with Crippen molar-refractivity contribution in [3.8, 4) is 11.4 Å². The third-order valence-electron chi connectivity index (χ3n) is 5.38. The number of rotatable bonds is 1. The van der Waals surface area contributed by atoms with E-state index in [4.69, 9.17) is 0 Å². The number of carboxylic acids is 1. The zero-order valence-corrected chi connectivity index (χ0v) is 11.9. The van der Waals surface area contributed by atoms with E-state index in [0.717, 1.165) is 41.6 Å². The predicted molar refractivity (Wildman–Crippen MR) is 82.1 cm³/mol. The summed E-state index contributed by atoms with van der Waals surface area (Å²) in [5.41, 5.74) is 6.20. The van der Waals surface area contributed by atoms with E-state index in [1.165, 1.54) is 17.5 Å². The zero-order valence-electron chi connectivity index (χ0n) is 11.9. The standard InChI is InChI=1S/C17H15N3O2/c21-16(22)9-2-3-12-11(6-9)13-15(19-12)14-10(8-18-20-14)7-17(13)4-1-5-17/h2-3,6,8,19H,1,4-5,7H2,(H,18,20)(H,21,22). The zero-order chi connectivity index (χ0) is 14.9. The molecule has 22 heavy (non-hydrogen) atoms. The van der Waals surface area contributed by atoms with Crippen LogP contribution in [0.2, 0.25) is 0 Å². The molecule has 3 aromatic rings. The van der Waals surface area contributed by atoms with Crippen LogP contribution in [0.4, 0.5) is 0 Å². The first-order valence-electron chi connectivity index (χ1n) is 7.60. The van der Waals surface area contributed by atoms with E-state index in [2.05, 4.69) is 15.2 Å². The maximum Gasteiger partial charge on any atom is 0.335 e. The lowest BCUT2D eigenvalue weighted by Gasteiger charge is -2.45. The summed E-state index contributed by atoms with van der Waals surface area (Å²) in [5.74, 6) is -0.877. The molecule has 0 saturated heterocycles. The SMILES string of the molecule is O=C(O)c1ccc2[nH]c3c(c2c1)C1(CCC1)Cc1cn[nH]c1-3. The number of hydrogen-bond donors (Lipinski definition) is 3. The lowest BCUT2D eigenvalue weighted by molar-refractivity contribution is 0.0697. The van der Waals surface area contributed by atoms with Crippen molar-refractivity contribution in [2.75, 3.05) is 0 Å². The molecule has 1 saturated carbocycles. The lowest BCUT2D eigenvalue weighted by atomic mass is 9.58. The van der Waals surface area contributed by atoms with Crippen LogP contribution in [0, 0.1) is 0 Å². The Bertz CT molecular complexity index is 931. The van der Waals surface area contributed by atoms with Crippen LogP contribution in [0.25, 0.3) is 22.3 Å². The summed E-state index contributed by atoms with van der Waals surface area (Å²) in [4.78, 5) is 14.8. The maximum atomic E-state index is 11.3. The topological polar surface area (TPSA) is 81.8 Å². The van der Waals surface area contributed by atoms with Crippen molar-refractivity contribution in [1.29, 1.82) is 0 Å². The van der Waals surface area contributed by atoms with Crippen molar-refractivity contribution in [3.63, 3.8) is 0 Å². The lowest BCUT2D eigenvalue weighted by Crippen LogP contribution is -2.38. The summed E-state index contributed by atoms with van der Waals surface area (Å²) in [6.07, 6.45) is 6.48. The fourth-order valence-electron chi connectivity index (χ4n) is 4.21. The number of hydrogen-bond acceptors (Lipinski definition) is 2. The first-order chi connectivity index (χ1) is 10.7. The molecule has 3 N–H and O–H groups in total. The van der Waals surface area contributed by atoms with Crippen LogP contribution in [0.15, 0.2) is 24.4 Å². The fourth-order valence-corrected chi connectivity index (χ4v) is 4.21. The average Bonchev–Trinajstić information content (AvgIpc) is 3.07. The molecular weight excluding hydrogens is 278 g/mol. The minimum atomic E-state index is -0.877. The maximum absolute atomic E-state index is 11.3. The first kappa shape index (κ1) is 12.0. The van der Waals surface area contributed by atoms with E-state index in [1.807, 2.05) is 18.3 Å². The van der Waals surface area contributed by atoms with Gasteiger partial charge in [-0.2, -0.15) is 5.10 Å². The number of nitrogens with zero attached hydrogens (tertiary/aromatic N) is 1. The van der Waals surface area contributed by atoms with E-state index in [1.54, 1.807) is 6.07 Å². The van der Waals surface area contributed by atoms with Gasteiger partial charge in [0.25, 0.3) is 0 Å². The normalized spacial score (nSPS) is 18.0. The van der Waals surface area contributed by atoms with Gasteiger partial charge < -0.3 is 10.1 Å². The summed E-state index contributed by atoms with van der Waals surface area (Å²) in [6, 6.07) is 5.35. The number of H-pyrrole nitrogens is 2. The number of benzene rings is 1. The van der Waals surface area contributed by atoms with Gasteiger partial charge >= 0.3 is 5.97 Å². The molecule has 1 fully saturated rings. The first-order valence-corrected chi connectivity index (χ1v) is 7.60. The van der Waals surface area contributed by atoms with Crippen LogP contribution in [0.5, 0.6) is 0 Å². The third-order valence-corrected chi connectivity index (χ3v) is 5.38. The summed E-state index contributed by atoms with van der Waals surface area (Å²) in [6.45, 7) is 0. The van der Waals surface area contributed by atoms with E-state index >= 15 is 0 Å². The van der Waals surface area contributed by atoms with Gasteiger partial charge in [-0.05, 0) is 43.0 Å². The van der Waals surface area contributed by atoms with Gasteiger partial charge in [0.2, 0.25) is 0 Å². The summed E-state index contributed by atoms with van der Waals surface area (Å²) in [7, 11) is 0. The van der Waals surface area contributed by atoms with E-state index in [-0.39, 0.29) is 5.41 Å². The predicted octanol–water partition coefficient (Wildman–Crippen LogP) is 3.23. The van der Waals surface area contributed by atoms with E-state index in [9.17, 15) is 9.90 Å². The average molecular weight is 293 g/mol. The van der Waals surface area contributed by atoms with E-state index in [0.29, 0.717) is 5.56 Å². The van der Waals surface area contributed by atoms with Gasteiger partial charge in [0.05, 0.1) is 23.1 Å². The number of fused-ring (bicyclic) bond motifs is 6. The molecule has 1 aromatic carbocycles. The molecule has 0 amide bonds. The van der Waals surface area contributed by atoms with Crippen LogP contribution < -0.4 is 0 Å². The third kappa shape index (κ3) is 1.33. The summed E-state index contributed by atoms with van der Waals surface area (Å²) >= 11 is 0. The van der Waals surface area contributed by atoms with Crippen molar-refractivity contribution in [2.45, 2.75) is 31.1 Å². The van der Waals surface area contributed by atoms with Gasteiger partial charge in [-0.1, -0.05) is 6.42 Å². The molecule has 1 spiro atoms. The highest BCUT2D eigenvalue weighted by Crippen LogP contribution is 2.55. The molecule has 5 rings (SSSR count). The number of carbonyl (C=O) groups is 1. The molecule has 0 radical (unpaired) electrons. The molecule has 0 bridgehead atoms. The van der Waals surface area contributed by atoms with Crippen LogP contribution in [0.3, 0.4) is 0 Å². The number of aromatic amines is 2. The number of nitrogens with one attached hydrogen (secondary N) is 2. The Kier molecular flexibility index (Phi) is 2.08.